The molecule has 0 saturated carbocycles. The number of aromatic nitrogens is 3. The molecule has 1 amide bonds. The number of carbonyl (C=O) groups is 1. The molecule has 3 heterocycles. The Morgan fingerprint density at radius 3 is 2.42 bits per heavy atom. The van der Waals surface area contributed by atoms with Crippen molar-refractivity contribution < 1.29 is 9.53 Å². The lowest BCUT2D eigenvalue weighted by Crippen LogP contribution is -2.45. The monoisotopic (exact) mass is 419 g/mol. The van der Waals surface area contributed by atoms with Crippen molar-refractivity contribution in [2.24, 2.45) is 0 Å². The summed E-state index contributed by atoms with van der Waals surface area (Å²) in [6.07, 6.45) is 4.37. The highest BCUT2D eigenvalue weighted by atomic mass is 16.5. The van der Waals surface area contributed by atoms with Crippen LogP contribution < -0.4 is 10.2 Å². The molecule has 2 aromatic heterocycles. The quantitative estimate of drug-likeness (QED) is 0.677. The molecular weight excluding hydrogens is 390 g/mol. The van der Waals surface area contributed by atoms with E-state index in [1.54, 1.807) is 12.4 Å². The number of aryl methyl sites for hydroxylation is 1. The van der Waals surface area contributed by atoms with Gasteiger partial charge in [0.25, 0.3) is 5.91 Å². The molecule has 7 heteroatoms. The molecule has 3 aromatic rings. The summed E-state index contributed by atoms with van der Waals surface area (Å²) in [7, 11) is 0. The number of hydrogen-bond donors (Lipinski definition) is 1. The lowest BCUT2D eigenvalue weighted by atomic mass is 10.1. The van der Waals surface area contributed by atoms with Gasteiger partial charge in [-0.1, -0.05) is 24.6 Å². The number of ether oxygens (including phenoxy) is 1. The Balaban J connectivity index is 1.49. The van der Waals surface area contributed by atoms with Gasteiger partial charge in [0.15, 0.2) is 0 Å². The van der Waals surface area contributed by atoms with Crippen LogP contribution in [0.3, 0.4) is 0 Å². The van der Waals surface area contributed by atoms with E-state index in [2.05, 4.69) is 34.1 Å². The fourth-order valence-electron chi connectivity index (χ4n) is 4.02. The minimum Gasteiger partial charge on any atom is -0.372 e. The highest BCUT2D eigenvalue weighted by Crippen LogP contribution is 2.21. The van der Waals surface area contributed by atoms with Crippen molar-refractivity contribution in [1.29, 1.82) is 0 Å². The number of rotatable bonds is 5. The zero-order valence-electron chi connectivity index (χ0n) is 18.5. The maximum Gasteiger partial charge on any atom is 0.259 e. The molecule has 1 N–H and O–H groups in total. The first-order chi connectivity index (χ1) is 14.9. The number of nitrogens with one attached hydrogen (secondary N) is 1. The summed E-state index contributed by atoms with van der Waals surface area (Å²) in [6, 6.07) is 11.9. The number of pyridine rings is 1. The second-order valence-corrected chi connectivity index (χ2v) is 8.13. The molecular formula is C24H29N5O2. The fraction of sp³-hybridized carbons (Fsp3) is 0.375. The van der Waals surface area contributed by atoms with Crippen LogP contribution in [0.4, 0.5) is 11.5 Å². The molecule has 1 saturated heterocycles. The summed E-state index contributed by atoms with van der Waals surface area (Å²) in [5.74, 6) is 0.708. The highest BCUT2D eigenvalue weighted by Gasteiger charge is 2.23. The average molecular weight is 420 g/mol. The summed E-state index contributed by atoms with van der Waals surface area (Å²) in [5.41, 5.74) is 4.24. The van der Waals surface area contributed by atoms with Crippen LogP contribution in [0.5, 0.6) is 0 Å². The van der Waals surface area contributed by atoms with E-state index < -0.39 is 0 Å². The Bertz CT molecular complexity index is 1030. The summed E-state index contributed by atoms with van der Waals surface area (Å²) >= 11 is 0. The van der Waals surface area contributed by atoms with Crippen molar-refractivity contribution in [3.8, 4) is 5.69 Å². The van der Waals surface area contributed by atoms with E-state index in [1.165, 1.54) is 5.56 Å². The third-order valence-electron chi connectivity index (χ3n) is 5.48. The van der Waals surface area contributed by atoms with Gasteiger partial charge in [-0.3, -0.25) is 4.79 Å². The van der Waals surface area contributed by atoms with Gasteiger partial charge in [-0.2, -0.15) is 5.10 Å². The van der Waals surface area contributed by atoms with Crippen molar-refractivity contribution in [3.63, 3.8) is 0 Å². The standard InChI is InChI=1S/C24H29N5O2/c1-5-22-21(13-26-29(22)20-9-6-16(2)7-10-20)24(30)27-19-8-11-23(25-12-19)28-14-17(3)31-18(4)15-28/h6-13,17-18H,5,14-15H2,1-4H3,(H,27,30). The van der Waals surface area contributed by atoms with Gasteiger partial charge in [0.2, 0.25) is 0 Å². The molecule has 162 valence electrons. The molecule has 1 aliphatic rings. The van der Waals surface area contributed by atoms with Crippen LogP contribution in [0.25, 0.3) is 5.69 Å². The normalized spacial score (nSPS) is 18.8. The molecule has 0 bridgehead atoms. The number of nitrogens with zero attached hydrogens (tertiary/aromatic N) is 4. The minimum atomic E-state index is -0.182. The van der Waals surface area contributed by atoms with Crippen molar-refractivity contribution in [2.75, 3.05) is 23.3 Å². The second kappa shape index (κ2) is 8.89. The topological polar surface area (TPSA) is 72.3 Å². The van der Waals surface area contributed by atoms with Gasteiger partial charge in [0.05, 0.1) is 47.2 Å². The second-order valence-electron chi connectivity index (χ2n) is 8.13. The first kappa shape index (κ1) is 21.1. The third kappa shape index (κ3) is 4.61. The van der Waals surface area contributed by atoms with Crippen molar-refractivity contribution in [1.82, 2.24) is 14.8 Å². The smallest absolute Gasteiger partial charge is 0.259 e. The molecule has 7 nitrogen and oxygen atoms in total. The maximum atomic E-state index is 12.9. The Morgan fingerprint density at radius 1 is 1.10 bits per heavy atom. The Morgan fingerprint density at radius 2 is 1.81 bits per heavy atom. The highest BCUT2D eigenvalue weighted by molar-refractivity contribution is 6.05. The first-order valence-corrected chi connectivity index (χ1v) is 10.8. The van der Waals surface area contributed by atoms with Crippen molar-refractivity contribution >= 4 is 17.4 Å². The van der Waals surface area contributed by atoms with Crippen LogP contribution >= 0.6 is 0 Å². The molecule has 1 fully saturated rings. The molecule has 1 aromatic carbocycles. The SMILES string of the molecule is CCc1c(C(=O)Nc2ccc(N3CC(C)OC(C)C3)nc2)cnn1-c1ccc(C)cc1. The van der Waals surface area contributed by atoms with E-state index in [1.807, 2.05) is 54.9 Å². The Hall–Kier alpha value is -3.19. The van der Waals surface area contributed by atoms with Gasteiger partial charge in [-0.15, -0.1) is 0 Å². The summed E-state index contributed by atoms with van der Waals surface area (Å²) in [5, 5.41) is 7.42. The van der Waals surface area contributed by atoms with E-state index in [9.17, 15) is 4.79 Å². The van der Waals surface area contributed by atoms with Gasteiger partial charge in [0.1, 0.15) is 5.82 Å². The van der Waals surface area contributed by atoms with Gasteiger partial charge in [0, 0.05) is 13.1 Å². The molecule has 0 spiro atoms. The van der Waals surface area contributed by atoms with E-state index in [0.717, 1.165) is 30.3 Å². The fourth-order valence-corrected chi connectivity index (χ4v) is 4.02. The van der Waals surface area contributed by atoms with E-state index in [4.69, 9.17) is 4.74 Å². The number of anilines is 2. The predicted octanol–water partition coefficient (Wildman–Crippen LogP) is 4.00. The van der Waals surface area contributed by atoms with Crippen LogP contribution in [-0.2, 0) is 11.2 Å². The maximum absolute atomic E-state index is 12.9. The van der Waals surface area contributed by atoms with Crippen molar-refractivity contribution in [2.45, 2.75) is 46.3 Å². The van der Waals surface area contributed by atoms with E-state index in [0.29, 0.717) is 17.7 Å². The average Bonchev–Trinajstić information content (AvgIpc) is 3.18. The largest absolute Gasteiger partial charge is 0.372 e. The number of morpholine rings is 1. The van der Waals surface area contributed by atoms with Crippen LogP contribution in [0.1, 0.15) is 42.4 Å². The lowest BCUT2D eigenvalue weighted by Gasteiger charge is -2.36. The number of carbonyl (C=O) groups excluding carboxylic acids is 1. The molecule has 0 radical (unpaired) electrons. The predicted molar refractivity (Wildman–Crippen MR) is 122 cm³/mol. The van der Waals surface area contributed by atoms with Gasteiger partial charge >= 0.3 is 0 Å². The molecule has 2 atom stereocenters. The molecule has 4 rings (SSSR count). The van der Waals surface area contributed by atoms with Crippen LogP contribution in [0.15, 0.2) is 48.8 Å². The van der Waals surface area contributed by atoms with Gasteiger partial charge in [-0.25, -0.2) is 9.67 Å². The molecule has 1 aliphatic heterocycles. The lowest BCUT2D eigenvalue weighted by molar-refractivity contribution is -0.00545. The Kier molecular flexibility index (Phi) is 6.04. The zero-order chi connectivity index (χ0) is 22.0. The number of amides is 1. The van der Waals surface area contributed by atoms with Crippen LogP contribution in [0.2, 0.25) is 0 Å². The zero-order valence-corrected chi connectivity index (χ0v) is 18.5. The third-order valence-corrected chi connectivity index (χ3v) is 5.48. The van der Waals surface area contributed by atoms with E-state index in [-0.39, 0.29) is 18.1 Å². The molecule has 2 unspecified atom stereocenters. The summed E-state index contributed by atoms with van der Waals surface area (Å²) in [6.45, 7) is 9.83. The minimum absolute atomic E-state index is 0.169. The summed E-state index contributed by atoms with van der Waals surface area (Å²) < 4.78 is 7.62. The van der Waals surface area contributed by atoms with E-state index >= 15 is 0 Å². The van der Waals surface area contributed by atoms with Crippen molar-refractivity contribution in [3.05, 3.63) is 65.6 Å². The van der Waals surface area contributed by atoms with Crippen LogP contribution in [0, 0.1) is 6.92 Å². The molecule has 0 aliphatic carbocycles. The summed E-state index contributed by atoms with van der Waals surface area (Å²) in [4.78, 5) is 19.7. The number of hydrogen-bond acceptors (Lipinski definition) is 5. The number of benzene rings is 1. The van der Waals surface area contributed by atoms with Gasteiger partial charge in [-0.05, 0) is 51.5 Å². The molecule has 31 heavy (non-hydrogen) atoms. The Labute approximate surface area is 183 Å². The van der Waals surface area contributed by atoms with Gasteiger partial charge < -0.3 is 15.0 Å². The van der Waals surface area contributed by atoms with Crippen LogP contribution in [-0.4, -0.2) is 46.0 Å². The first-order valence-electron chi connectivity index (χ1n) is 10.8.